The minimum Gasteiger partial charge on any atom is -0.462 e. The molecule has 0 aliphatic heterocycles. The standard InChI is InChI=1S/C39H64O5/c1-3-5-7-9-11-13-15-17-18-19-20-22-24-26-28-30-32-34-39(42)44-37(35-40)36-43-38(41)33-31-29-27-25-23-21-16-14-12-10-8-6-4-2/h5,7,11,13-14,16-18,20,22,26,28,37,40H,3-4,6,8-10,12,15,19,21,23-25,27,29-36H2,1-2H3. The molecule has 5 heteroatoms. The largest absolute Gasteiger partial charge is 0.462 e. The lowest BCUT2D eigenvalue weighted by Crippen LogP contribution is -2.28. The summed E-state index contributed by atoms with van der Waals surface area (Å²) in [7, 11) is 0. The van der Waals surface area contributed by atoms with Crippen molar-refractivity contribution in [3.05, 3.63) is 72.9 Å². The second-order valence-electron chi connectivity index (χ2n) is 11.2. The zero-order valence-corrected chi connectivity index (χ0v) is 28.1. The maximum Gasteiger partial charge on any atom is 0.306 e. The second kappa shape index (κ2) is 34.8. The van der Waals surface area contributed by atoms with Crippen molar-refractivity contribution < 1.29 is 24.2 Å². The quantitative estimate of drug-likeness (QED) is 0.0496. The molecule has 0 heterocycles. The predicted molar refractivity (Wildman–Crippen MR) is 186 cm³/mol. The number of unbranched alkanes of at least 4 members (excludes halogenated alkanes) is 10. The number of rotatable bonds is 30. The average molecular weight is 613 g/mol. The van der Waals surface area contributed by atoms with E-state index >= 15 is 0 Å². The highest BCUT2D eigenvalue weighted by atomic mass is 16.6. The van der Waals surface area contributed by atoms with Crippen LogP contribution in [0.15, 0.2) is 72.9 Å². The van der Waals surface area contributed by atoms with Gasteiger partial charge < -0.3 is 14.6 Å². The van der Waals surface area contributed by atoms with Crippen molar-refractivity contribution in [3.63, 3.8) is 0 Å². The van der Waals surface area contributed by atoms with Crippen molar-refractivity contribution in [1.82, 2.24) is 0 Å². The van der Waals surface area contributed by atoms with Crippen LogP contribution in [0.2, 0.25) is 0 Å². The van der Waals surface area contributed by atoms with E-state index in [0.717, 1.165) is 64.2 Å². The summed E-state index contributed by atoms with van der Waals surface area (Å²) in [6.45, 7) is 3.92. The molecule has 0 amide bonds. The van der Waals surface area contributed by atoms with Crippen LogP contribution in [0.3, 0.4) is 0 Å². The monoisotopic (exact) mass is 612 g/mol. The number of hydrogen-bond donors (Lipinski definition) is 1. The van der Waals surface area contributed by atoms with Gasteiger partial charge >= 0.3 is 11.9 Å². The fourth-order valence-electron chi connectivity index (χ4n) is 4.35. The number of aliphatic hydroxyl groups is 1. The molecule has 0 bridgehead atoms. The third-order valence-corrected chi connectivity index (χ3v) is 6.98. The van der Waals surface area contributed by atoms with Crippen molar-refractivity contribution in [2.75, 3.05) is 13.2 Å². The van der Waals surface area contributed by atoms with Crippen LogP contribution in [0.25, 0.3) is 0 Å². The highest BCUT2D eigenvalue weighted by Gasteiger charge is 2.15. The summed E-state index contributed by atoms with van der Waals surface area (Å²) in [6.07, 6.45) is 45.3. The Hall–Kier alpha value is -2.66. The van der Waals surface area contributed by atoms with E-state index in [2.05, 4.69) is 86.8 Å². The molecule has 0 aromatic heterocycles. The Bertz CT molecular complexity index is 833. The van der Waals surface area contributed by atoms with E-state index in [4.69, 9.17) is 9.47 Å². The predicted octanol–water partition coefficient (Wildman–Crippen LogP) is 10.6. The van der Waals surface area contributed by atoms with Crippen LogP contribution in [0.5, 0.6) is 0 Å². The van der Waals surface area contributed by atoms with Crippen molar-refractivity contribution in [3.8, 4) is 0 Å². The number of ether oxygens (including phenoxy) is 2. The molecule has 0 saturated carbocycles. The highest BCUT2D eigenvalue weighted by Crippen LogP contribution is 2.10. The summed E-state index contributed by atoms with van der Waals surface area (Å²) in [5.74, 6) is -0.678. The van der Waals surface area contributed by atoms with Gasteiger partial charge in [-0.25, -0.2) is 0 Å². The van der Waals surface area contributed by atoms with Crippen molar-refractivity contribution in [1.29, 1.82) is 0 Å². The maximum atomic E-state index is 12.1. The van der Waals surface area contributed by atoms with Gasteiger partial charge in [-0.15, -0.1) is 0 Å². The molecular formula is C39H64O5. The molecule has 1 atom stereocenters. The SMILES string of the molecule is CCC=CCC=CCC=CCC=CCC=CCCCC(=O)OC(CO)COC(=O)CCCCCCCC=CCCCCCC. The third-order valence-electron chi connectivity index (χ3n) is 6.98. The van der Waals surface area contributed by atoms with Crippen LogP contribution in [0.4, 0.5) is 0 Å². The molecule has 250 valence electrons. The molecule has 0 spiro atoms. The van der Waals surface area contributed by atoms with E-state index in [0.29, 0.717) is 12.8 Å². The Morgan fingerprint density at radius 1 is 0.545 bits per heavy atom. The fourth-order valence-corrected chi connectivity index (χ4v) is 4.35. The van der Waals surface area contributed by atoms with Gasteiger partial charge in [0.15, 0.2) is 6.10 Å². The third kappa shape index (κ3) is 32.3. The van der Waals surface area contributed by atoms with Gasteiger partial charge in [0.1, 0.15) is 6.61 Å². The molecule has 0 aromatic rings. The average Bonchev–Trinajstić information content (AvgIpc) is 3.02. The Balaban J connectivity index is 3.74. The molecule has 0 aliphatic carbocycles. The maximum absolute atomic E-state index is 12.1. The highest BCUT2D eigenvalue weighted by molar-refractivity contribution is 5.70. The van der Waals surface area contributed by atoms with Gasteiger partial charge in [-0.2, -0.15) is 0 Å². The zero-order chi connectivity index (χ0) is 32.2. The Morgan fingerprint density at radius 3 is 1.57 bits per heavy atom. The number of esters is 2. The minimum atomic E-state index is -0.806. The van der Waals surface area contributed by atoms with Crippen LogP contribution < -0.4 is 0 Å². The molecule has 0 saturated heterocycles. The first-order valence-corrected chi connectivity index (χ1v) is 17.5. The molecular weight excluding hydrogens is 548 g/mol. The summed E-state index contributed by atoms with van der Waals surface area (Å²) in [5, 5.41) is 9.51. The van der Waals surface area contributed by atoms with Crippen LogP contribution in [-0.4, -0.2) is 36.4 Å². The molecule has 1 unspecified atom stereocenters. The molecule has 0 aliphatic rings. The van der Waals surface area contributed by atoms with Gasteiger partial charge in [0.25, 0.3) is 0 Å². The van der Waals surface area contributed by atoms with Crippen molar-refractivity contribution in [2.45, 2.75) is 148 Å². The Kier molecular flexibility index (Phi) is 32.7. The summed E-state index contributed by atoms with van der Waals surface area (Å²) in [5.41, 5.74) is 0. The fraction of sp³-hybridized carbons (Fsp3) is 0.641. The molecule has 44 heavy (non-hydrogen) atoms. The first kappa shape index (κ1) is 41.3. The van der Waals surface area contributed by atoms with Gasteiger partial charge in [-0.1, -0.05) is 125 Å². The first-order valence-electron chi connectivity index (χ1n) is 17.5. The van der Waals surface area contributed by atoms with Gasteiger partial charge in [0.05, 0.1) is 6.61 Å². The van der Waals surface area contributed by atoms with Crippen molar-refractivity contribution >= 4 is 11.9 Å². The van der Waals surface area contributed by atoms with E-state index in [-0.39, 0.29) is 31.6 Å². The lowest BCUT2D eigenvalue weighted by atomic mass is 10.1. The van der Waals surface area contributed by atoms with Gasteiger partial charge in [-0.3, -0.25) is 9.59 Å². The number of aliphatic hydroxyl groups excluding tert-OH is 1. The normalized spacial score (nSPS) is 13.1. The Morgan fingerprint density at radius 2 is 1.00 bits per heavy atom. The smallest absolute Gasteiger partial charge is 0.306 e. The molecule has 0 radical (unpaired) electrons. The van der Waals surface area contributed by atoms with E-state index < -0.39 is 6.10 Å². The van der Waals surface area contributed by atoms with Crippen LogP contribution >= 0.6 is 0 Å². The second-order valence-corrected chi connectivity index (χ2v) is 11.2. The zero-order valence-electron chi connectivity index (χ0n) is 28.1. The number of carbonyl (C=O) groups is 2. The lowest BCUT2D eigenvalue weighted by Gasteiger charge is -2.15. The van der Waals surface area contributed by atoms with E-state index in [1.807, 2.05) is 0 Å². The van der Waals surface area contributed by atoms with E-state index in [1.54, 1.807) is 0 Å². The summed E-state index contributed by atoms with van der Waals surface area (Å²) < 4.78 is 10.5. The topological polar surface area (TPSA) is 72.8 Å². The van der Waals surface area contributed by atoms with Gasteiger partial charge in [0.2, 0.25) is 0 Å². The summed E-state index contributed by atoms with van der Waals surface area (Å²) >= 11 is 0. The number of allylic oxidation sites excluding steroid dienone is 12. The first-order chi connectivity index (χ1) is 21.6. The molecule has 5 nitrogen and oxygen atoms in total. The Labute approximate surface area is 270 Å². The van der Waals surface area contributed by atoms with Crippen LogP contribution in [0, 0.1) is 0 Å². The number of hydrogen-bond acceptors (Lipinski definition) is 5. The van der Waals surface area contributed by atoms with Crippen molar-refractivity contribution in [2.24, 2.45) is 0 Å². The summed E-state index contributed by atoms with van der Waals surface area (Å²) in [4.78, 5) is 24.1. The molecule has 0 rings (SSSR count). The van der Waals surface area contributed by atoms with E-state index in [9.17, 15) is 14.7 Å². The van der Waals surface area contributed by atoms with E-state index in [1.165, 1.54) is 44.9 Å². The number of carbonyl (C=O) groups excluding carboxylic acids is 2. The van der Waals surface area contributed by atoms with Crippen LogP contribution in [-0.2, 0) is 19.1 Å². The van der Waals surface area contributed by atoms with Gasteiger partial charge in [-0.05, 0) is 77.0 Å². The molecule has 0 aromatic carbocycles. The molecule has 0 fully saturated rings. The minimum absolute atomic E-state index is 0.0966. The molecule has 1 N–H and O–H groups in total. The lowest BCUT2D eigenvalue weighted by molar-refractivity contribution is -0.161. The summed E-state index contributed by atoms with van der Waals surface area (Å²) in [6, 6.07) is 0. The van der Waals surface area contributed by atoms with Gasteiger partial charge in [0, 0.05) is 12.8 Å². The van der Waals surface area contributed by atoms with Crippen LogP contribution in [0.1, 0.15) is 142 Å².